The first-order valence-corrected chi connectivity index (χ1v) is 8.24. The number of allylic oxidation sites excluding steroid dienone is 2. The highest BCUT2D eigenvalue weighted by Gasteiger charge is 2.39. The molecule has 1 N–H and O–H groups in total. The van der Waals surface area contributed by atoms with Crippen molar-refractivity contribution in [3.8, 4) is 0 Å². The maximum absolute atomic E-state index is 12.5. The third-order valence-electron chi connectivity index (χ3n) is 4.40. The molecule has 132 valence electrons. The number of nitrogens with zero attached hydrogens (tertiary/aromatic N) is 2. The van der Waals surface area contributed by atoms with E-state index in [4.69, 9.17) is 14.5 Å². The summed E-state index contributed by atoms with van der Waals surface area (Å²) in [5.74, 6) is -0.107. The molecule has 25 heavy (non-hydrogen) atoms. The van der Waals surface area contributed by atoms with E-state index in [1.165, 1.54) is 7.11 Å². The summed E-state index contributed by atoms with van der Waals surface area (Å²) in [5.41, 5.74) is 3.78. The first-order valence-electron chi connectivity index (χ1n) is 8.24. The number of esters is 1. The highest BCUT2D eigenvalue weighted by molar-refractivity contribution is 6.02. The van der Waals surface area contributed by atoms with Crippen molar-refractivity contribution in [2.75, 3.05) is 13.7 Å². The first kappa shape index (κ1) is 17.2. The molecule has 0 unspecified atom stereocenters. The number of dihydropyridines is 1. The molecule has 0 spiro atoms. The van der Waals surface area contributed by atoms with Gasteiger partial charge in [-0.1, -0.05) is 0 Å². The second-order valence-electron chi connectivity index (χ2n) is 6.93. The summed E-state index contributed by atoms with van der Waals surface area (Å²) in [4.78, 5) is 21.3. The van der Waals surface area contributed by atoms with E-state index in [1.807, 2.05) is 39.8 Å². The lowest BCUT2D eigenvalue weighted by Crippen LogP contribution is -2.31. The predicted octanol–water partition coefficient (Wildman–Crippen LogP) is 2.70. The molecule has 1 aromatic heterocycles. The number of methoxy groups -OCH3 is 1. The lowest BCUT2D eigenvalue weighted by atomic mass is 9.80. The Labute approximate surface area is 147 Å². The van der Waals surface area contributed by atoms with Crippen LogP contribution in [0.1, 0.15) is 39.2 Å². The van der Waals surface area contributed by atoms with E-state index in [9.17, 15) is 4.79 Å². The van der Waals surface area contributed by atoms with Crippen molar-refractivity contribution in [2.45, 2.75) is 39.2 Å². The molecule has 3 heterocycles. The van der Waals surface area contributed by atoms with Gasteiger partial charge in [0.1, 0.15) is 6.61 Å². The lowest BCUT2D eigenvalue weighted by Gasteiger charge is -2.30. The first-order chi connectivity index (χ1) is 11.8. The van der Waals surface area contributed by atoms with Crippen molar-refractivity contribution in [2.24, 2.45) is 4.99 Å². The number of hydrogen-bond acceptors (Lipinski definition) is 6. The summed E-state index contributed by atoms with van der Waals surface area (Å²) in [6.07, 6.45) is 3.44. The second-order valence-corrected chi connectivity index (χ2v) is 6.93. The molecule has 1 atom stereocenters. The molecule has 0 aliphatic carbocycles. The number of rotatable bonds is 3. The third-order valence-corrected chi connectivity index (χ3v) is 4.40. The Balaban J connectivity index is 2.18. The van der Waals surface area contributed by atoms with E-state index in [2.05, 4.69) is 10.3 Å². The highest BCUT2D eigenvalue weighted by Crippen LogP contribution is 2.40. The molecule has 0 amide bonds. The van der Waals surface area contributed by atoms with Gasteiger partial charge in [-0.15, -0.1) is 0 Å². The van der Waals surface area contributed by atoms with Crippen molar-refractivity contribution in [1.29, 1.82) is 0 Å². The maximum Gasteiger partial charge on any atom is 0.336 e. The van der Waals surface area contributed by atoms with Crippen molar-refractivity contribution in [1.82, 2.24) is 10.3 Å². The number of ether oxygens (including phenoxy) is 2. The Hall–Kier alpha value is -2.63. The minimum Gasteiger partial charge on any atom is -0.475 e. The van der Waals surface area contributed by atoms with Crippen molar-refractivity contribution < 1.29 is 14.3 Å². The van der Waals surface area contributed by atoms with Crippen molar-refractivity contribution in [3.05, 3.63) is 52.6 Å². The molecule has 0 aromatic carbocycles. The summed E-state index contributed by atoms with van der Waals surface area (Å²) >= 11 is 0. The zero-order valence-corrected chi connectivity index (χ0v) is 15.2. The van der Waals surface area contributed by atoms with Crippen LogP contribution in [0, 0.1) is 0 Å². The average molecular weight is 341 g/mol. The summed E-state index contributed by atoms with van der Waals surface area (Å²) in [6.45, 7) is 8.41. The standard InChI is InChI=1S/C19H23N3O3/c1-11-14(17-22-19(3,4)10-25-17)16(13-6-8-20-9-7-13)15(12(2)21-11)18(23)24-5/h6-9,16,21H,10H2,1-5H3/t16-/m0/s1. The fraction of sp³-hybridized carbons (Fsp3) is 0.421. The van der Waals surface area contributed by atoms with E-state index in [-0.39, 0.29) is 17.4 Å². The van der Waals surface area contributed by atoms with Gasteiger partial charge in [0, 0.05) is 29.4 Å². The largest absolute Gasteiger partial charge is 0.475 e. The number of carbonyl (C=O) groups excluding carboxylic acids is 1. The molecule has 3 rings (SSSR count). The van der Waals surface area contributed by atoms with Gasteiger partial charge in [-0.2, -0.15) is 0 Å². The second kappa shape index (κ2) is 6.35. The summed E-state index contributed by atoms with van der Waals surface area (Å²) in [5, 5.41) is 3.28. The van der Waals surface area contributed by atoms with E-state index in [0.717, 1.165) is 22.5 Å². The lowest BCUT2D eigenvalue weighted by molar-refractivity contribution is -0.136. The molecule has 0 saturated carbocycles. The van der Waals surface area contributed by atoms with Gasteiger partial charge >= 0.3 is 5.97 Å². The fourth-order valence-corrected chi connectivity index (χ4v) is 3.27. The molecule has 0 radical (unpaired) electrons. The Morgan fingerprint density at radius 2 is 1.96 bits per heavy atom. The van der Waals surface area contributed by atoms with Gasteiger partial charge in [0.25, 0.3) is 0 Å². The molecule has 6 nitrogen and oxygen atoms in total. The van der Waals surface area contributed by atoms with Gasteiger partial charge in [0.15, 0.2) is 0 Å². The van der Waals surface area contributed by atoms with Crippen LogP contribution < -0.4 is 5.32 Å². The molecular weight excluding hydrogens is 318 g/mol. The SMILES string of the molecule is COC(=O)C1=C(C)NC(C)=C(C2=NC(C)(C)CO2)[C@@H]1c1ccncc1. The molecule has 0 saturated heterocycles. The van der Waals surface area contributed by atoms with Gasteiger partial charge in [-0.05, 0) is 45.4 Å². The summed E-state index contributed by atoms with van der Waals surface area (Å²) in [6, 6.07) is 3.81. The smallest absolute Gasteiger partial charge is 0.336 e. The van der Waals surface area contributed by atoms with Crippen LogP contribution in [0.4, 0.5) is 0 Å². The van der Waals surface area contributed by atoms with Crippen LogP contribution in [0.2, 0.25) is 0 Å². The molecular formula is C19H23N3O3. The van der Waals surface area contributed by atoms with Gasteiger partial charge in [-0.3, -0.25) is 4.98 Å². The monoisotopic (exact) mass is 341 g/mol. The minimum absolute atomic E-state index is 0.285. The van der Waals surface area contributed by atoms with Gasteiger partial charge < -0.3 is 14.8 Å². The predicted molar refractivity (Wildman–Crippen MR) is 95.0 cm³/mol. The third kappa shape index (κ3) is 3.16. The van der Waals surface area contributed by atoms with Crippen LogP contribution in [0.5, 0.6) is 0 Å². The van der Waals surface area contributed by atoms with E-state index in [1.54, 1.807) is 12.4 Å². The van der Waals surface area contributed by atoms with Gasteiger partial charge in [0.05, 0.1) is 24.1 Å². The Kier molecular flexibility index (Phi) is 4.37. The Bertz CT molecular complexity index is 791. The van der Waals surface area contributed by atoms with E-state index < -0.39 is 0 Å². The number of carbonyl (C=O) groups is 1. The van der Waals surface area contributed by atoms with Crippen LogP contribution in [-0.4, -0.2) is 36.1 Å². The van der Waals surface area contributed by atoms with Crippen LogP contribution in [0.3, 0.4) is 0 Å². The van der Waals surface area contributed by atoms with Crippen LogP contribution in [0.25, 0.3) is 0 Å². The quantitative estimate of drug-likeness (QED) is 0.856. The van der Waals surface area contributed by atoms with Gasteiger partial charge in [0.2, 0.25) is 5.90 Å². The fourth-order valence-electron chi connectivity index (χ4n) is 3.27. The molecule has 1 aromatic rings. The summed E-state index contributed by atoms with van der Waals surface area (Å²) in [7, 11) is 1.39. The van der Waals surface area contributed by atoms with Crippen LogP contribution >= 0.6 is 0 Å². The van der Waals surface area contributed by atoms with E-state index in [0.29, 0.717) is 18.1 Å². The number of aromatic nitrogens is 1. The number of pyridine rings is 1. The molecule has 6 heteroatoms. The maximum atomic E-state index is 12.5. The van der Waals surface area contributed by atoms with Crippen LogP contribution in [0.15, 0.2) is 52.1 Å². The minimum atomic E-state index is -0.366. The molecule has 0 fully saturated rings. The van der Waals surface area contributed by atoms with Gasteiger partial charge in [-0.25, -0.2) is 9.79 Å². The topological polar surface area (TPSA) is 72.8 Å². The van der Waals surface area contributed by atoms with Crippen molar-refractivity contribution in [3.63, 3.8) is 0 Å². The molecule has 2 aliphatic rings. The molecule has 2 aliphatic heterocycles. The highest BCUT2D eigenvalue weighted by atomic mass is 16.5. The summed E-state index contributed by atoms with van der Waals surface area (Å²) < 4.78 is 10.9. The number of hydrogen-bond donors (Lipinski definition) is 1. The van der Waals surface area contributed by atoms with E-state index >= 15 is 0 Å². The number of aliphatic imine (C=N–C) groups is 1. The number of nitrogens with one attached hydrogen (secondary N) is 1. The Morgan fingerprint density at radius 3 is 2.52 bits per heavy atom. The zero-order valence-electron chi connectivity index (χ0n) is 15.2. The Morgan fingerprint density at radius 1 is 1.28 bits per heavy atom. The van der Waals surface area contributed by atoms with Crippen molar-refractivity contribution >= 4 is 11.9 Å². The van der Waals surface area contributed by atoms with Crippen LogP contribution in [-0.2, 0) is 14.3 Å². The zero-order chi connectivity index (χ0) is 18.2. The average Bonchev–Trinajstić information content (AvgIpc) is 2.93. The molecule has 0 bridgehead atoms. The normalized spacial score (nSPS) is 22.3.